The van der Waals surface area contributed by atoms with E-state index in [0.717, 1.165) is 37.1 Å². The molecule has 0 N–H and O–H groups in total. The Labute approximate surface area is 152 Å². The SMILES string of the molecule is CN(CCN(Cc1ncnn1C)Cc1ncnn1C)Cc1ncnn1C. The van der Waals surface area contributed by atoms with Gasteiger partial charge in [0.25, 0.3) is 0 Å². The first-order valence-corrected chi connectivity index (χ1v) is 8.42. The summed E-state index contributed by atoms with van der Waals surface area (Å²) in [5.74, 6) is 2.78. The average Bonchev–Trinajstić information content (AvgIpc) is 3.30. The van der Waals surface area contributed by atoms with Gasteiger partial charge in [-0.1, -0.05) is 0 Å². The van der Waals surface area contributed by atoms with E-state index in [1.807, 2.05) is 21.1 Å². The van der Waals surface area contributed by atoms with Gasteiger partial charge in [-0.05, 0) is 7.05 Å². The van der Waals surface area contributed by atoms with Gasteiger partial charge in [-0.3, -0.25) is 23.8 Å². The summed E-state index contributed by atoms with van der Waals surface area (Å²) in [5.41, 5.74) is 0. The van der Waals surface area contributed by atoms with E-state index in [9.17, 15) is 0 Å². The smallest absolute Gasteiger partial charge is 0.140 e. The number of nitrogens with zero attached hydrogens (tertiary/aromatic N) is 11. The van der Waals surface area contributed by atoms with E-state index in [0.29, 0.717) is 13.1 Å². The van der Waals surface area contributed by atoms with Gasteiger partial charge in [0, 0.05) is 34.2 Å². The van der Waals surface area contributed by atoms with Gasteiger partial charge in [0.1, 0.15) is 36.5 Å². The first kappa shape index (κ1) is 18.1. The average molecular weight is 359 g/mol. The molecule has 0 saturated carbocycles. The molecule has 0 saturated heterocycles. The minimum absolute atomic E-state index is 0.696. The lowest BCUT2D eigenvalue weighted by Crippen LogP contribution is -2.34. The molecular weight excluding hydrogens is 334 g/mol. The lowest BCUT2D eigenvalue weighted by molar-refractivity contribution is 0.194. The molecule has 0 bridgehead atoms. The molecule has 3 rings (SSSR count). The van der Waals surface area contributed by atoms with Gasteiger partial charge in [0.05, 0.1) is 19.6 Å². The van der Waals surface area contributed by atoms with Crippen LogP contribution in [0.4, 0.5) is 0 Å². The number of hydrogen-bond donors (Lipinski definition) is 0. The summed E-state index contributed by atoms with van der Waals surface area (Å²) >= 11 is 0. The highest BCUT2D eigenvalue weighted by Gasteiger charge is 2.15. The largest absolute Gasteiger partial charge is 0.298 e. The third-order valence-electron chi connectivity index (χ3n) is 4.35. The van der Waals surface area contributed by atoms with Crippen LogP contribution in [0, 0.1) is 0 Å². The maximum Gasteiger partial charge on any atom is 0.140 e. The maximum absolute atomic E-state index is 4.34. The number of likely N-dealkylation sites (N-methyl/N-ethyl adjacent to an activating group) is 1. The second-order valence-electron chi connectivity index (χ2n) is 6.35. The van der Waals surface area contributed by atoms with Crippen LogP contribution in [-0.2, 0) is 40.8 Å². The van der Waals surface area contributed by atoms with Crippen LogP contribution in [0.3, 0.4) is 0 Å². The van der Waals surface area contributed by atoms with Gasteiger partial charge in [0.2, 0.25) is 0 Å². The molecule has 0 radical (unpaired) electrons. The molecule has 11 heteroatoms. The maximum atomic E-state index is 4.34. The van der Waals surface area contributed by atoms with Crippen molar-refractivity contribution in [1.29, 1.82) is 0 Å². The Morgan fingerprint density at radius 2 is 1.12 bits per heavy atom. The van der Waals surface area contributed by atoms with Crippen molar-refractivity contribution in [2.75, 3.05) is 20.1 Å². The Morgan fingerprint density at radius 3 is 1.50 bits per heavy atom. The van der Waals surface area contributed by atoms with Crippen molar-refractivity contribution in [3.05, 3.63) is 36.5 Å². The molecule has 3 heterocycles. The molecule has 3 aromatic rings. The molecule has 0 unspecified atom stereocenters. The fraction of sp³-hybridized carbons (Fsp3) is 0.600. The predicted molar refractivity (Wildman–Crippen MR) is 93.5 cm³/mol. The number of hydrogen-bond acceptors (Lipinski definition) is 8. The van der Waals surface area contributed by atoms with Crippen LogP contribution in [0.2, 0.25) is 0 Å². The highest BCUT2D eigenvalue weighted by Crippen LogP contribution is 2.06. The summed E-state index contributed by atoms with van der Waals surface area (Å²) in [6.45, 7) is 3.87. The van der Waals surface area contributed by atoms with Gasteiger partial charge in [-0.25, -0.2) is 15.0 Å². The van der Waals surface area contributed by atoms with Crippen LogP contribution < -0.4 is 0 Å². The molecule has 0 aliphatic heterocycles. The minimum Gasteiger partial charge on any atom is -0.298 e. The second-order valence-corrected chi connectivity index (χ2v) is 6.35. The summed E-state index contributed by atoms with van der Waals surface area (Å²) in [5, 5.41) is 12.4. The molecule has 0 atom stereocenters. The van der Waals surface area contributed by atoms with Crippen LogP contribution in [0.25, 0.3) is 0 Å². The van der Waals surface area contributed by atoms with Crippen molar-refractivity contribution in [2.24, 2.45) is 21.1 Å². The molecule has 140 valence electrons. The van der Waals surface area contributed by atoms with Crippen molar-refractivity contribution in [1.82, 2.24) is 54.1 Å². The zero-order valence-corrected chi connectivity index (χ0v) is 15.7. The van der Waals surface area contributed by atoms with E-state index in [2.05, 4.69) is 47.1 Å². The molecule has 0 aliphatic rings. The quantitative estimate of drug-likeness (QED) is 0.490. The van der Waals surface area contributed by atoms with Crippen LogP contribution in [0.1, 0.15) is 17.5 Å². The molecule has 3 aromatic heterocycles. The molecule has 11 nitrogen and oxygen atoms in total. The molecular formula is C15H25N11. The van der Waals surface area contributed by atoms with E-state index in [-0.39, 0.29) is 0 Å². The first-order chi connectivity index (χ1) is 12.5. The van der Waals surface area contributed by atoms with Crippen LogP contribution in [0.5, 0.6) is 0 Å². The van der Waals surface area contributed by atoms with Crippen molar-refractivity contribution >= 4 is 0 Å². The zero-order valence-electron chi connectivity index (χ0n) is 15.7. The normalized spacial score (nSPS) is 11.8. The molecule has 0 amide bonds. The van der Waals surface area contributed by atoms with Crippen molar-refractivity contribution in [3.8, 4) is 0 Å². The molecule has 0 aromatic carbocycles. The Balaban J connectivity index is 1.62. The Bertz CT molecular complexity index is 775. The van der Waals surface area contributed by atoms with Crippen molar-refractivity contribution in [3.63, 3.8) is 0 Å². The molecule has 26 heavy (non-hydrogen) atoms. The van der Waals surface area contributed by atoms with E-state index in [4.69, 9.17) is 0 Å². The standard InChI is InChI=1S/C15H25N11/c1-22(7-13-16-10-19-23(13)2)5-6-26(8-14-17-11-20-24(14)3)9-15-18-12-21-25(15)4/h10-12H,5-9H2,1-4H3. The zero-order chi connectivity index (χ0) is 18.5. The van der Waals surface area contributed by atoms with Gasteiger partial charge >= 0.3 is 0 Å². The summed E-state index contributed by atoms with van der Waals surface area (Å²) < 4.78 is 5.40. The summed E-state index contributed by atoms with van der Waals surface area (Å²) in [4.78, 5) is 17.5. The fourth-order valence-electron chi connectivity index (χ4n) is 2.64. The van der Waals surface area contributed by atoms with Crippen molar-refractivity contribution < 1.29 is 0 Å². The van der Waals surface area contributed by atoms with Gasteiger partial charge in [-0.15, -0.1) is 0 Å². The van der Waals surface area contributed by atoms with Crippen LogP contribution in [-0.4, -0.2) is 74.2 Å². The van der Waals surface area contributed by atoms with Gasteiger partial charge < -0.3 is 0 Å². The topological polar surface area (TPSA) is 98.6 Å². The second kappa shape index (κ2) is 8.15. The van der Waals surface area contributed by atoms with Crippen LogP contribution >= 0.6 is 0 Å². The summed E-state index contributed by atoms with van der Waals surface area (Å²) in [6, 6.07) is 0. The van der Waals surface area contributed by atoms with E-state index >= 15 is 0 Å². The minimum atomic E-state index is 0.696. The lowest BCUT2D eigenvalue weighted by Gasteiger charge is -2.24. The Kier molecular flexibility index (Phi) is 5.68. The van der Waals surface area contributed by atoms with E-state index in [1.165, 1.54) is 0 Å². The fourth-order valence-corrected chi connectivity index (χ4v) is 2.64. The number of aromatic nitrogens is 9. The van der Waals surface area contributed by atoms with Crippen LogP contribution in [0.15, 0.2) is 19.0 Å². The summed E-state index contributed by atoms with van der Waals surface area (Å²) in [7, 11) is 7.80. The predicted octanol–water partition coefficient (Wildman–Crippen LogP) is -0.794. The third kappa shape index (κ3) is 4.49. The lowest BCUT2D eigenvalue weighted by atomic mass is 10.4. The Morgan fingerprint density at radius 1 is 0.692 bits per heavy atom. The molecule has 0 spiro atoms. The highest BCUT2D eigenvalue weighted by atomic mass is 15.4. The molecule has 0 fully saturated rings. The number of aryl methyl sites for hydroxylation is 3. The third-order valence-corrected chi connectivity index (χ3v) is 4.35. The van der Waals surface area contributed by atoms with E-state index < -0.39 is 0 Å². The Hall–Kier alpha value is -2.66. The summed E-state index contributed by atoms with van der Waals surface area (Å²) in [6.07, 6.45) is 4.74. The first-order valence-electron chi connectivity index (χ1n) is 8.42. The van der Waals surface area contributed by atoms with E-state index in [1.54, 1.807) is 33.0 Å². The number of rotatable bonds is 9. The van der Waals surface area contributed by atoms with Gasteiger partial charge in [0.15, 0.2) is 0 Å². The van der Waals surface area contributed by atoms with Gasteiger partial charge in [-0.2, -0.15) is 15.3 Å². The monoisotopic (exact) mass is 359 g/mol. The highest BCUT2D eigenvalue weighted by molar-refractivity contribution is 4.89. The van der Waals surface area contributed by atoms with Crippen molar-refractivity contribution in [2.45, 2.75) is 19.6 Å². The molecule has 0 aliphatic carbocycles.